The first-order chi connectivity index (χ1) is 12.1. The van der Waals surface area contributed by atoms with Gasteiger partial charge in [0.25, 0.3) is 5.56 Å². The molecule has 0 N–H and O–H groups in total. The number of aromatic nitrogens is 2. The standard InChI is InChI=1S/C18H15ClN2O3S/c19-11-6-7-13-14(9-11)20-18(25-16-5-1-4-15(16)22)21(17(13)23)10-12-3-2-8-24-12/h2-3,6-9,16H,1,4-5,10H2/t16-/m0/s1. The van der Waals surface area contributed by atoms with Gasteiger partial charge in [-0.1, -0.05) is 23.4 Å². The number of Topliss-reactive ketones (excluding diaryl/α,β-unsaturated/α-hetero) is 1. The van der Waals surface area contributed by atoms with Crippen LogP contribution in [0.25, 0.3) is 10.9 Å². The first-order valence-electron chi connectivity index (χ1n) is 8.03. The average Bonchev–Trinajstić information content (AvgIpc) is 3.23. The van der Waals surface area contributed by atoms with Gasteiger partial charge in [0.05, 0.1) is 29.0 Å². The van der Waals surface area contributed by atoms with Crippen LogP contribution in [0.3, 0.4) is 0 Å². The van der Waals surface area contributed by atoms with E-state index in [0.717, 1.165) is 12.8 Å². The Bertz CT molecular complexity index is 997. The second kappa shape index (κ2) is 6.69. The summed E-state index contributed by atoms with van der Waals surface area (Å²) in [4.78, 5) is 29.6. The van der Waals surface area contributed by atoms with E-state index < -0.39 is 0 Å². The molecule has 0 amide bonds. The minimum atomic E-state index is -0.161. The highest BCUT2D eigenvalue weighted by molar-refractivity contribution is 8.00. The fraction of sp³-hybridized carbons (Fsp3) is 0.278. The van der Waals surface area contributed by atoms with Crippen LogP contribution in [0, 0.1) is 0 Å². The quantitative estimate of drug-likeness (QED) is 0.648. The van der Waals surface area contributed by atoms with Crippen molar-refractivity contribution in [3.05, 3.63) is 57.7 Å². The predicted molar refractivity (Wildman–Crippen MR) is 97.3 cm³/mol. The fourth-order valence-corrected chi connectivity index (χ4v) is 4.38. The molecular weight excluding hydrogens is 360 g/mol. The van der Waals surface area contributed by atoms with Crippen LogP contribution in [0.2, 0.25) is 5.02 Å². The Morgan fingerprint density at radius 1 is 1.32 bits per heavy atom. The fourth-order valence-electron chi connectivity index (χ4n) is 3.00. The predicted octanol–water partition coefficient (Wildman–Crippen LogP) is 3.90. The van der Waals surface area contributed by atoms with E-state index in [1.54, 1.807) is 35.1 Å². The smallest absolute Gasteiger partial charge is 0.262 e. The molecule has 1 atom stereocenters. The van der Waals surface area contributed by atoms with Gasteiger partial charge in [0, 0.05) is 11.4 Å². The average molecular weight is 375 g/mol. The third kappa shape index (κ3) is 3.24. The zero-order valence-corrected chi connectivity index (χ0v) is 14.8. The van der Waals surface area contributed by atoms with Crippen molar-refractivity contribution >= 4 is 40.0 Å². The molecule has 1 aliphatic rings. The molecule has 25 heavy (non-hydrogen) atoms. The number of hydrogen-bond acceptors (Lipinski definition) is 5. The molecule has 2 heterocycles. The second-order valence-corrected chi connectivity index (χ2v) is 7.60. The van der Waals surface area contributed by atoms with Crippen LogP contribution in [0.5, 0.6) is 0 Å². The van der Waals surface area contributed by atoms with Crippen molar-refractivity contribution in [2.45, 2.75) is 36.2 Å². The van der Waals surface area contributed by atoms with E-state index >= 15 is 0 Å². The molecular formula is C18H15ClN2O3S. The molecule has 1 aromatic carbocycles. The zero-order chi connectivity index (χ0) is 17.4. The number of hydrogen-bond donors (Lipinski definition) is 0. The molecule has 0 saturated heterocycles. The van der Waals surface area contributed by atoms with Crippen molar-refractivity contribution in [1.29, 1.82) is 0 Å². The number of carbonyl (C=O) groups is 1. The lowest BCUT2D eigenvalue weighted by Crippen LogP contribution is -2.25. The molecule has 0 radical (unpaired) electrons. The molecule has 1 aliphatic carbocycles. The van der Waals surface area contributed by atoms with Gasteiger partial charge in [-0.05, 0) is 43.2 Å². The number of thioether (sulfide) groups is 1. The third-order valence-electron chi connectivity index (χ3n) is 4.27. The van der Waals surface area contributed by atoms with Gasteiger partial charge in [-0.3, -0.25) is 14.2 Å². The summed E-state index contributed by atoms with van der Waals surface area (Å²) < 4.78 is 6.96. The van der Waals surface area contributed by atoms with Crippen LogP contribution in [-0.4, -0.2) is 20.6 Å². The van der Waals surface area contributed by atoms with Gasteiger partial charge in [-0.25, -0.2) is 4.98 Å². The van der Waals surface area contributed by atoms with Crippen LogP contribution in [-0.2, 0) is 11.3 Å². The summed E-state index contributed by atoms with van der Waals surface area (Å²) >= 11 is 7.41. The summed E-state index contributed by atoms with van der Waals surface area (Å²) in [5.41, 5.74) is 0.382. The van der Waals surface area contributed by atoms with Gasteiger partial charge in [0.15, 0.2) is 5.16 Å². The summed E-state index contributed by atoms with van der Waals surface area (Å²) in [6.45, 7) is 0.278. The topological polar surface area (TPSA) is 65.1 Å². The summed E-state index contributed by atoms with van der Waals surface area (Å²) in [6.07, 6.45) is 3.87. The van der Waals surface area contributed by atoms with Crippen molar-refractivity contribution in [1.82, 2.24) is 9.55 Å². The minimum absolute atomic E-state index is 0.147. The van der Waals surface area contributed by atoms with E-state index in [0.29, 0.717) is 33.3 Å². The SMILES string of the molecule is O=C1CCC[C@@H]1Sc1nc2cc(Cl)ccc2c(=O)n1Cc1ccco1. The van der Waals surface area contributed by atoms with Gasteiger partial charge < -0.3 is 4.42 Å². The van der Waals surface area contributed by atoms with Crippen molar-refractivity contribution in [3.8, 4) is 0 Å². The number of ketones is 1. The van der Waals surface area contributed by atoms with Gasteiger partial charge in [0.1, 0.15) is 11.5 Å². The Morgan fingerprint density at radius 2 is 2.20 bits per heavy atom. The summed E-state index contributed by atoms with van der Waals surface area (Å²) in [6, 6.07) is 8.63. The molecule has 7 heteroatoms. The highest BCUT2D eigenvalue weighted by Crippen LogP contribution is 2.32. The summed E-state index contributed by atoms with van der Waals surface area (Å²) in [5.74, 6) is 0.881. The maximum Gasteiger partial charge on any atom is 0.262 e. The largest absolute Gasteiger partial charge is 0.467 e. The van der Waals surface area contributed by atoms with E-state index in [2.05, 4.69) is 4.98 Å². The van der Waals surface area contributed by atoms with Crippen molar-refractivity contribution in [3.63, 3.8) is 0 Å². The Balaban J connectivity index is 1.84. The molecule has 3 aromatic rings. The normalized spacial score (nSPS) is 17.5. The molecule has 1 saturated carbocycles. The van der Waals surface area contributed by atoms with E-state index in [1.165, 1.54) is 11.8 Å². The number of nitrogens with zero attached hydrogens (tertiary/aromatic N) is 2. The molecule has 128 valence electrons. The number of fused-ring (bicyclic) bond motifs is 1. The number of furan rings is 1. The third-order valence-corrected chi connectivity index (χ3v) is 5.81. The van der Waals surface area contributed by atoms with Gasteiger partial charge in [0.2, 0.25) is 0 Å². The van der Waals surface area contributed by atoms with Gasteiger partial charge in [-0.2, -0.15) is 0 Å². The first kappa shape index (κ1) is 16.4. The number of rotatable bonds is 4. The Labute approximate surface area is 153 Å². The molecule has 4 rings (SSSR count). The van der Waals surface area contributed by atoms with Gasteiger partial charge >= 0.3 is 0 Å². The highest BCUT2D eigenvalue weighted by Gasteiger charge is 2.27. The van der Waals surface area contributed by atoms with E-state index in [-0.39, 0.29) is 23.1 Å². The summed E-state index contributed by atoms with van der Waals surface area (Å²) in [5, 5.41) is 1.40. The minimum Gasteiger partial charge on any atom is -0.467 e. The molecule has 0 bridgehead atoms. The van der Waals surface area contributed by atoms with Crippen molar-refractivity contribution in [2.75, 3.05) is 0 Å². The second-order valence-electron chi connectivity index (χ2n) is 5.99. The van der Waals surface area contributed by atoms with E-state index in [1.807, 2.05) is 6.07 Å². The molecule has 0 aliphatic heterocycles. The molecule has 0 spiro atoms. The number of benzene rings is 1. The summed E-state index contributed by atoms with van der Waals surface area (Å²) in [7, 11) is 0. The monoisotopic (exact) mass is 374 g/mol. The Hall–Kier alpha value is -2.05. The van der Waals surface area contributed by atoms with Crippen LogP contribution < -0.4 is 5.56 Å². The van der Waals surface area contributed by atoms with Crippen LogP contribution in [0.15, 0.2) is 51.0 Å². The van der Waals surface area contributed by atoms with Crippen molar-refractivity contribution in [2.24, 2.45) is 0 Å². The number of carbonyl (C=O) groups excluding carboxylic acids is 1. The number of halogens is 1. The lowest BCUT2D eigenvalue weighted by Gasteiger charge is -2.14. The maximum absolute atomic E-state index is 13.0. The molecule has 1 fully saturated rings. The Morgan fingerprint density at radius 3 is 2.92 bits per heavy atom. The zero-order valence-electron chi connectivity index (χ0n) is 13.3. The van der Waals surface area contributed by atoms with Crippen LogP contribution in [0.4, 0.5) is 0 Å². The molecule has 2 aromatic heterocycles. The highest BCUT2D eigenvalue weighted by atomic mass is 35.5. The van der Waals surface area contributed by atoms with Gasteiger partial charge in [-0.15, -0.1) is 0 Å². The van der Waals surface area contributed by atoms with E-state index in [4.69, 9.17) is 16.0 Å². The first-order valence-corrected chi connectivity index (χ1v) is 9.29. The van der Waals surface area contributed by atoms with E-state index in [9.17, 15) is 9.59 Å². The molecule has 5 nitrogen and oxygen atoms in total. The molecule has 0 unspecified atom stereocenters. The lowest BCUT2D eigenvalue weighted by molar-refractivity contribution is -0.116. The maximum atomic E-state index is 13.0. The Kier molecular flexibility index (Phi) is 4.39. The van der Waals surface area contributed by atoms with Crippen molar-refractivity contribution < 1.29 is 9.21 Å². The van der Waals surface area contributed by atoms with Crippen LogP contribution in [0.1, 0.15) is 25.0 Å². The van der Waals surface area contributed by atoms with Crippen LogP contribution >= 0.6 is 23.4 Å². The lowest BCUT2D eigenvalue weighted by atomic mass is 10.2.